The van der Waals surface area contributed by atoms with Crippen molar-refractivity contribution in [3.63, 3.8) is 0 Å². The van der Waals surface area contributed by atoms with Crippen molar-refractivity contribution in [2.75, 3.05) is 13.2 Å². The first-order chi connectivity index (χ1) is 3.85. The Hall–Kier alpha value is -0.110. The lowest BCUT2D eigenvalue weighted by Gasteiger charge is -2.34. The second-order valence-corrected chi connectivity index (χ2v) is 3.07. The van der Waals surface area contributed by atoms with Gasteiger partial charge in [0.2, 0.25) is 0 Å². The summed E-state index contributed by atoms with van der Waals surface area (Å²) >= 11 is 0. The van der Waals surface area contributed by atoms with Crippen LogP contribution >= 0.6 is 0 Å². The number of halogens is 1. The monoisotopic (exact) mass is 115 g/mol. The van der Waals surface area contributed by atoms with Gasteiger partial charge < -0.3 is 5.32 Å². The summed E-state index contributed by atoms with van der Waals surface area (Å²) in [5.74, 6) is 0.811. The highest BCUT2D eigenvalue weighted by Crippen LogP contribution is 2.43. The normalized spacial score (nSPS) is 51.4. The van der Waals surface area contributed by atoms with Crippen LogP contribution in [0.5, 0.6) is 0 Å². The van der Waals surface area contributed by atoms with Crippen LogP contribution < -0.4 is 5.32 Å². The first-order valence-corrected chi connectivity index (χ1v) is 3.16. The summed E-state index contributed by atoms with van der Waals surface area (Å²) in [5.41, 5.74) is -0.0370. The van der Waals surface area contributed by atoms with E-state index in [2.05, 4.69) is 5.32 Å². The lowest BCUT2D eigenvalue weighted by molar-refractivity contribution is 0.175. The number of fused-ring (bicyclic) bond motifs is 1. The summed E-state index contributed by atoms with van der Waals surface area (Å²) in [4.78, 5) is 0. The third-order valence-corrected chi connectivity index (χ3v) is 2.38. The average Bonchev–Trinajstić information content (AvgIpc) is 2.17. The molecule has 0 spiro atoms. The number of alkyl halides is 1. The summed E-state index contributed by atoms with van der Waals surface area (Å²) in [5, 5.41) is 3.18. The highest BCUT2D eigenvalue weighted by Gasteiger charge is 2.49. The zero-order chi connectivity index (χ0) is 5.61. The first kappa shape index (κ1) is 4.74. The van der Waals surface area contributed by atoms with Crippen LogP contribution in [0, 0.1) is 5.92 Å². The molecule has 2 heteroatoms. The number of hydrogen-bond acceptors (Lipinski definition) is 1. The lowest BCUT2D eigenvalue weighted by atomic mass is 9.75. The molecule has 1 saturated carbocycles. The second-order valence-electron chi connectivity index (χ2n) is 3.07. The van der Waals surface area contributed by atoms with Crippen molar-refractivity contribution in [3.05, 3.63) is 0 Å². The third kappa shape index (κ3) is 0.395. The van der Waals surface area contributed by atoms with E-state index in [1.165, 1.54) is 0 Å². The van der Waals surface area contributed by atoms with Crippen molar-refractivity contribution in [1.82, 2.24) is 5.32 Å². The minimum atomic E-state index is -0.163. The highest BCUT2D eigenvalue weighted by molar-refractivity contribution is 5.07. The predicted molar refractivity (Wildman–Crippen MR) is 29.4 cm³/mol. The predicted octanol–water partition coefficient (Wildman–Crippen LogP) is 0.708. The molecule has 1 N–H and O–H groups in total. The SMILES string of the molecule is FCC12CC(CN1)C2. The van der Waals surface area contributed by atoms with E-state index in [0.717, 1.165) is 25.3 Å². The van der Waals surface area contributed by atoms with E-state index in [1.54, 1.807) is 0 Å². The van der Waals surface area contributed by atoms with Crippen molar-refractivity contribution in [3.8, 4) is 0 Å². The van der Waals surface area contributed by atoms with Crippen LogP contribution in [0.15, 0.2) is 0 Å². The Bertz CT molecular complexity index is 102. The molecule has 1 aliphatic carbocycles. The zero-order valence-electron chi connectivity index (χ0n) is 4.78. The topological polar surface area (TPSA) is 12.0 Å². The van der Waals surface area contributed by atoms with Gasteiger partial charge in [-0.05, 0) is 25.3 Å². The Morgan fingerprint density at radius 3 is 2.62 bits per heavy atom. The van der Waals surface area contributed by atoms with E-state index >= 15 is 0 Å². The minimum Gasteiger partial charge on any atom is -0.309 e. The van der Waals surface area contributed by atoms with Crippen molar-refractivity contribution < 1.29 is 4.39 Å². The Labute approximate surface area is 48.3 Å². The molecule has 46 valence electrons. The molecule has 3 aliphatic rings. The van der Waals surface area contributed by atoms with Gasteiger partial charge in [-0.1, -0.05) is 0 Å². The molecule has 8 heavy (non-hydrogen) atoms. The van der Waals surface area contributed by atoms with Crippen molar-refractivity contribution in [2.24, 2.45) is 5.92 Å². The summed E-state index contributed by atoms with van der Waals surface area (Å²) in [7, 11) is 0. The van der Waals surface area contributed by atoms with Crippen LogP contribution in [0.25, 0.3) is 0 Å². The summed E-state index contributed by atoms with van der Waals surface area (Å²) in [6.07, 6.45) is 2.17. The van der Waals surface area contributed by atoms with Gasteiger partial charge in [0.25, 0.3) is 0 Å². The fourth-order valence-electron chi connectivity index (χ4n) is 1.85. The first-order valence-electron chi connectivity index (χ1n) is 3.16. The van der Waals surface area contributed by atoms with Crippen LogP contribution in [0.2, 0.25) is 0 Å². The van der Waals surface area contributed by atoms with E-state index in [0.29, 0.717) is 0 Å². The fourth-order valence-corrected chi connectivity index (χ4v) is 1.85. The Balaban J connectivity index is 2.09. The quantitative estimate of drug-likeness (QED) is 0.530. The third-order valence-electron chi connectivity index (χ3n) is 2.38. The summed E-state index contributed by atoms with van der Waals surface area (Å²) in [6.45, 7) is 0.896. The summed E-state index contributed by atoms with van der Waals surface area (Å²) in [6, 6.07) is 0. The van der Waals surface area contributed by atoms with E-state index in [4.69, 9.17) is 0 Å². The lowest BCUT2D eigenvalue weighted by Crippen LogP contribution is -2.45. The molecular weight excluding hydrogens is 105 g/mol. The molecule has 0 atom stereocenters. The van der Waals surface area contributed by atoms with E-state index < -0.39 is 0 Å². The van der Waals surface area contributed by atoms with Crippen LogP contribution in [-0.4, -0.2) is 18.8 Å². The number of nitrogens with one attached hydrogen (secondary N) is 1. The van der Waals surface area contributed by atoms with Gasteiger partial charge in [0.05, 0.1) is 0 Å². The molecule has 2 aliphatic heterocycles. The highest BCUT2D eigenvalue weighted by atomic mass is 19.1. The number of rotatable bonds is 1. The molecule has 0 aromatic heterocycles. The fraction of sp³-hybridized carbons (Fsp3) is 1.00. The molecule has 2 saturated heterocycles. The zero-order valence-corrected chi connectivity index (χ0v) is 4.78. The van der Waals surface area contributed by atoms with Crippen molar-refractivity contribution in [2.45, 2.75) is 18.4 Å². The molecule has 3 fully saturated rings. The molecule has 1 nitrogen and oxygen atoms in total. The van der Waals surface area contributed by atoms with Gasteiger partial charge in [-0.15, -0.1) is 0 Å². The average molecular weight is 115 g/mol. The van der Waals surface area contributed by atoms with Crippen molar-refractivity contribution in [1.29, 1.82) is 0 Å². The Kier molecular flexibility index (Phi) is 0.734. The van der Waals surface area contributed by atoms with Crippen molar-refractivity contribution >= 4 is 0 Å². The van der Waals surface area contributed by atoms with Gasteiger partial charge in [0, 0.05) is 5.54 Å². The Morgan fingerprint density at radius 1 is 1.62 bits per heavy atom. The standard InChI is InChI=1S/C6H10FN/c7-4-6-1-5(2-6)3-8-6/h5,8H,1-4H2. The molecule has 2 heterocycles. The largest absolute Gasteiger partial charge is 0.309 e. The van der Waals surface area contributed by atoms with Gasteiger partial charge in [0.1, 0.15) is 6.67 Å². The van der Waals surface area contributed by atoms with Crippen LogP contribution in [0.3, 0.4) is 0 Å². The molecule has 0 radical (unpaired) electrons. The Morgan fingerprint density at radius 2 is 2.38 bits per heavy atom. The molecule has 0 amide bonds. The molecule has 2 bridgehead atoms. The second kappa shape index (κ2) is 1.24. The molecule has 0 aromatic carbocycles. The van der Waals surface area contributed by atoms with Crippen LogP contribution in [0.4, 0.5) is 4.39 Å². The minimum absolute atomic E-state index is 0.0370. The molecule has 3 rings (SSSR count). The van der Waals surface area contributed by atoms with Gasteiger partial charge in [-0.3, -0.25) is 0 Å². The summed E-state index contributed by atoms with van der Waals surface area (Å²) < 4.78 is 12.1. The van der Waals surface area contributed by atoms with E-state index in [9.17, 15) is 4.39 Å². The molecular formula is C6H10FN. The molecule has 0 unspecified atom stereocenters. The smallest absolute Gasteiger partial charge is 0.108 e. The van der Waals surface area contributed by atoms with Crippen LogP contribution in [-0.2, 0) is 0 Å². The maximum Gasteiger partial charge on any atom is 0.108 e. The maximum absolute atomic E-state index is 12.1. The van der Waals surface area contributed by atoms with E-state index in [1.807, 2.05) is 0 Å². The molecule has 0 aromatic rings. The van der Waals surface area contributed by atoms with Gasteiger partial charge >= 0.3 is 0 Å². The van der Waals surface area contributed by atoms with Gasteiger partial charge in [-0.2, -0.15) is 0 Å². The maximum atomic E-state index is 12.1. The van der Waals surface area contributed by atoms with Crippen LogP contribution in [0.1, 0.15) is 12.8 Å². The van der Waals surface area contributed by atoms with E-state index in [-0.39, 0.29) is 12.2 Å². The van der Waals surface area contributed by atoms with Gasteiger partial charge in [0.15, 0.2) is 0 Å². The van der Waals surface area contributed by atoms with Gasteiger partial charge in [-0.25, -0.2) is 4.39 Å². The number of hydrogen-bond donors (Lipinski definition) is 1.